The van der Waals surface area contributed by atoms with Gasteiger partial charge in [-0.25, -0.2) is 0 Å². The van der Waals surface area contributed by atoms with Gasteiger partial charge in [-0.1, -0.05) is 0 Å². The zero-order valence-corrected chi connectivity index (χ0v) is 10.1. The molecule has 0 atom stereocenters. The van der Waals surface area contributed by atoms with Crippen LogP contribution in [-0.2, 0) is 10.8 Å². The van der Waals surface area contributed by atoms with E-state index in [0.29, 0.717) is 0 Å². The van der Waals surface area contributed by atoms with Gasteiger partial charge >= 0.3 is 82.6 Å². The molecule has 0 saturated heterocycles. The van der Waals surface area contributed by atoms with Crippen molar-refractivity contribution in [2.45, 2.75) is 0 Å². The summed E-state index contributed by atoms with van der Waals surface area (Å²) in [4.78, 5) is 0. The fourth-order valence-electron chi connectivity index (χ4n) is 0. The van der Waals surface area contributed by atoms with Crippen LogP contribution < -0.4 is 0 Å². The van der Waals surface area contributed by atoms with E-state index in [1.54, 1.807) is 0 Å². The van der Waals surface area contributed by atoms with Crippen molar-refractivity contribution >= 4 is 46.6 Å². The maximum atomic E-state index is 9.87. The summed E-state index contributed by atoms with van der Waals surface area (Å²) in [6.07, 6.45) is 0. The molecular formula is Cl4F6PRh-. The van der Waals surface area contributed by atoms with Crippen LogP contribution in [0.15, 0.2) is 0 Å². The summed E-state index contributed by atoms with van der Waals surface area (Å²) < 4.78 is 59.2. The van der Waals surface area contributed by atoms with Gasteiger partial charge in [-0.05, 0) is 0 Å². The van der Waals surface area contributed by atoms with E-state index in [9.17, 15) is 25.2 Å². The summed E-state index contributed by atoms with van der Waals surface area (Å²) in [5.41, 5.74) is 0. The van der Waals surface area contributed by atoms with Crippen LogP contribution in [0, 0.1) is 0 Å². The van der Waals surface area contributed by atoms with Crippen LogP contribution in [0.5, 0.6) is 0 Å². The van der Waals surface area contributed by atoms with Crippen LogP contribution in [0.4, 0.5) is 25.2 Å². The molecule has 0 unspecified atom stereocenters. The maximum absolute atomic E-state index is 10.7. The third kappa shape index (κ3) is 427. The summed E-state index contributed by atoms with van der Waals surface area (Å²) in [7, 11) is 6.40. The molecule has 0 rings (SSSR count). The molecule has 12 heavy (non-hydrogen) atoms. The van der Waals surface area contributed by atoms with Crippen molar-refractivity contribution in [3.8, 4) is 0 Å². The average molecular weight is 390 g/mol. The molecular weight excluding hydrogens is 390 g/mol. The molecule has 0 aliphatic carbocycles. The first-order chi connectivity index (χ1) is 4.45. The van der Waals surface area contributed by atoms with Crippen molar-refractivity contribution in [2.24, 2.45) is 0 Å². The monoisotopic (exact) mass is 388 g/mol. The normalized spacial score (nSPS) is 19.8. The van der Waals surface area contributed by atoms with Crippen LogP contribution in [0.25, 0.3) is 0 Å². The van der Waals surface area contributed by atoms with E-state index >= 15 is 0 Å². The number of hydrogen-bond acceptors (Lipinski definition) is 0. The van der Waals surface area contributed by atoms with Gasteiger partial charge in [0.2, 0.25) is 0 Å². The average Bonchev–Trinajstić information content (AvgIpc) is 1.04. The second-order valence-electron chi connectivity index (χ2n) is 1.24. The molecule has 0 radical (unpaired) electrons. The second-order valence-corrected chi connectivity index (χ2v) is 18.1. The molecule has 0 bridgehead atoms. The molecule has 0 aliphatic rings. The molecule has 0 saturated carbocycles. The van der Waals surface area contributed by atoms with Crippen LogP contribution in [-0.4, -0.2) is 0 Å². The summed E-state index contributed by atoms with van der Waals surface area (Å²) >= 11 is 0. The molecule has 0 spiro atoms. The van der Waals surface area contributed by atoms with Crippen molar-refractivity contribution in [3.63, 3.8) is 0 Å². The van der Waals surface area contributed by atoms with Gasteiger partial charge in [-0.15, -0.1) is 0 Å². The van der Waals surface area contributed by atoms with Gasteiger partial charge in [0.05, 0.1) is 0 Å². The first-order valence-corrected chi connectivity index (χ1v) is 12.0. The number of hydrogen-bond donors (Lipinski definition) is 0. The van der Waals surface area contributed by atoms with Crippen LogP contribution >= 0.6 is 46.6 Å². The molecule has 0 fully saturated rings. The van der Waals surface area contributed by atoms with E-state index in [4.69, 9.17) is 38.8 Å². The Bertz CT molecular complexity index is 130. The number of halogens is 10. The predicted octanol–water partition coefficient (Wildman–Crippen LogP) is 6.14. The van der Waals surface area contributed by atoms with Crippen LogP contribution in [0.2, 0.25) is 0 Å². The number of rotatable bonds is 0. The van der Waals surface area contributed by atoms with Gasteiger partial charge in [-0.2, -0.15) is 0 Å². The van der Waals surface area contributed by atoms with Crippen molar-refractivity contribution in [1.29, 1.82) is 0 Å². The van der Waals surface area contributed by atoms with Gasteiger partial charge in [-0.3, -0.25) is 0 Å². The summed E-state index contributed by atoms with van der Waals surface area (Å²) in [5.74, 6) is 0. The van der Waals surface area contributed by atoms with E-state index in [-0.39, 0.29) is 0 Å². The molecule has 0 aromatic carbocycles. The van der Waals surface area contributed by atoms with Crippen molar-refractivity contribution in [2.75, 3.05) is 0 Å². The Morgan fingerprint density at radius 3 is 0.667 bits per heavy atom. The zero-order valence-electron chi connectivity index (χ0n) is 4.56. The molecule has 0 aromatic rings. The topological polar surface area (TPSA) is 0 Å². The Labute approximate surface area is 82.3 Å². The zero-order chi connectivity index (χ0) is 10.9. The summed E-state index contributed by atoms with van der Waals surface area (Å²) in [5, 5.41) is 0. The third-order valence-corrected chi connectivity index (χ3v) is 0. The summed E-state index contributed by atoms with van der Waals surface area (Å²) in [6, 6.07) is 0. The molecule has 0 heterocycles. The third-order valence-electron chi connectivity index (χ3n) is 0. The molecule has 12 heteroatoms. The fourth-order valence-corrected chi connectivity index (χ4v) is 0. The molecule has 0 aromatic heterocycles. The van der Waals surface area contributed by atoms with Gasteiger partial charge < -0.3 is 0 Å². The van der Waals surface area contributed by atoms with Gasteiger partial charge in [0.1, 0.15) is 0 Å². The minimum atomic E-state index is -10.7. The molecule has 0 nitrogen and oxygen atoms in total. The van der Waals surface area contributed by atoms with Gasteiger partial charge in [0, 0.05) is 0 Å². The van der Waals surface area contributed by atoms with Crippen LogP contribution in [0.1, 0.15) is 0 Å². The standard InChI is InChI=1S/4ClH.F6P.Rh/c;;;;1-7(2,3,4,5)6;/h4*1H;;/q;;;;-1;+4/p-4. The molecule has 85 valence electrons. The Balaban J connectivity index is 0. The summed E-state index contributed by atoms with van der Waals surface area (Å²) in [6.45, 7) is 0. The SMILES string of the molecule is F[P-](F)(F)(F)(F)F.[Cl][Rh]([Cl])([Cl])[Cl]. The van der Waals surface area contributed by atoms with E-state index in [1.807, 2.05) is 0 Å². The fraction of sp³-hybridized carbons (Fsp3) is 0. The van der Waals surface area contributed by atoms with Crippen molar-refractivity contribution < 1.29 is 36.0 Å². The molecule has 0 aliphatic heterocycles. The first kappa shape index (κ1) is 16.2. The predicted molar refractivity (Wildman–Crippen MR) is 37.0 cm³/mol. The van der Waals surface area contributed by atoms with Crippen molar-refractivity contribution in [3.05, 3.63) is 0 Å². The van der Waals surface area contributed by atoms with E-state index in [0.717, 1.165) is 0 Å². The van der Waals surface area contributed by atoms with Crippen LogP contribution in [0.3, 0.4) is 0 Å². The van der Waals surface area contributed by atoms with E-state index < -0.39 is 18.6 Å². The Hall–Kier alpha value is 1.79. The Morgan fingerprint density at radius 1 is 0.667 bits per heavy atom. The Kier molecular flexibility index (Phi) is 4.63. The molecule has 0 amide bonds. The van der Waals surface area contributed by atoms with E-state index in [1.165, 1.54) is 0 Å². The molecule has 0 N–H and O–H groups in total. The first-order valence-electron chi connectivity index (χ1n) is 1.52. The minimum absolute atomic E-state index is 2.89. The van der Waals surface area contributed by atoms with E-state index in [2.05, 4.69) is 0 Å². The van der Waals surface area contributed by atoms with Gasteiger partial charge in [0.25, 0.3) is 0 Å². The second kappa shape index (κ2) is 3.42. The Morgan fingerprint density at radius 2 is 0.667 bits per heavy atom. The van der Waals surface area contributed by atoms with Crippen molar-refractivity contribution in [1.82, 2.24) is 0 Å². The quantitative estimate of drug-likeness (QED) is 0.265. The van der Waals surface area contributed by atoms with Gasteiger partial charge in [0.15, 0.2) is 0 Å².